The summed E-state index contributed by atoms with van der Waals surface area (Å²) in [5.74, 6) is -0.0969. The van der Waals surface area contributed by atoms with Crippen LogP contribution in [0.5, 0.6) is 0 Å². The number of pyridine rings is 1. The summed E-state index contributed by atoms with van der Waals surface area (Å²) in [6.07, 6.45) is 8.08. The second kappa shape index (κ2) is 6.60. The van der Waals surface area contributed by atoms with Crippen LogP contribution in [0.3, 0.4) is 0 Å². The van der Waals surface area contributed by atoms with Crippen molar-refractivity contribution in [3.8, 4) is 11.3 Å². The lowest BCUT2D eigenvalue weighted by Crippen LogP contribution is -2.25. The number of carbonyl (C=O) groups is 1. The van der Waals surface area contributed by atoms with Gasteiger partial charge in [-0.15, -0.1) is 0 Å². The highest BCUT2D eigenvalue weighted by atomic mass is 16.1. The number of H-pyrrole nitrogens is 1. The van der Waals surface area contributed by atoms with E-state index in [0.29, 0.717) is 12.1 Å². The number of fused-ring (bicyclic) bond motifs is 1. The van der Waals surface area contributed by atoms with Gasteiger partial charge >= 0.3 is 0 Å². The lowest BCUT2D eigenvalue weighted by molar-refractivity contribution is 0.0953. The summed E-state index contributed by atoms with van der Waals surface area (Å²) in [5, 5.41) is 9.58. The molecule has 3 aromatic heterocycles. The Morgan fingerprint density at radius 2 is 2.00 bits per heavy atom. The smallest absolute Gasteiger partial charge is 0.252 e. The molecule has 0 saturated heterocycles. The molecule has 0 aliphatic carbocycles. The summed E-state index contributed by atoms with van der Waals surface area (Å²) in [5.41, 5.74) is 4.43. The van der Waals surface area contributed by atoms with Crippen molar-refractivity contribution in [1.29, 1.82) is 0 Å². The standard InChI is InChI=1S/C19H17N5O/c25-19(20-9-8-14-10-21-22-11-14)16-6-7-18-23-17(13-24(18)12-16)15-4-2-1-3-5-15/h1-7,10-13H,8-9H2,(H,20,25)(H,21,22). The van der Waals surface area contributed by atoms with Gasteiger partial charge in [0, 0.05) is 30.7 Å². The number of hydrogen-bond donors (Lipinski definition) is 2. The van der Waals surface area contributed by atoms with Crippen molar-refractivity contribution in [3.63, 3.8) is 0 Å². The van der Waals surface area contributed by atoms with E-state index in [2.05, 4.69) is 20.5 Å². The number of hydrogen-bond acceptors (Lipinski definition) is 3. The molecule has 1 aromatic carbocycles. The summed E-state index contributed by atoms with van der Waals surface area (Å²) in [4.78, 5) is 16.9. The first-order valence-corrected chi connectivity index (χ1v) is 8.09. The maximum atomic E-state index is 12.3. The van der Waals surface area contributed by atoms with Gasteiger partial charge in [0.2, 0.25) is 0 Å². The first kappa shape index (κ1) is 15.1. The summed E-state index contributed by atoms with van der Waals surface area (Å²) >= 11 is 0. The van der Waals surface area contributed by atoms with Crippen LogP contribution in [0.2, 0.25) is 0 Å². The van der Waals surface area contributed by atoms with E-state index in [0.717, 1.165) is 28.9 Å². The molecule has 3 heterocycles. The van der Waals surface area contributed by atoms with Gasteiger partial charge in [-0.25, -0.2) is 4.98 Å². The lowest BCUT2D eigenvalue weighted by Gasteiger charge is -2.04. The molecule has 2 N–H and O–H groups in total. The molecule has 0 aliphatic heterocycles. The first-order chi connectivity index (χ1) is 12.3. The van der Waals surface area contributed by atoms with Crippen LogP contribution >= 0.6 is 0 Å². The molecule has 6 nitrogen and oxygen atoms in total. The Bertz CT molecular complexity index is 989. The van der Waals surface area contributed by atoms with E-state index in [4.69, 9.17) is 0 Å². The fourth-order valence-corrected chi connectivity index (χ4v) is 2.71. The normalized spacial score (nSPS) is 10.9. The topological polar surface area (TPSA) is 75.1 Å². The molecule has 0 atom stereocenters. The van der Waals surface area contributed by atoms with Crippen LogP contribution in [0.15, 0.2) is 67.3 Å². The number of aromatic amines is 1. The van der Waals surface area contributed by atoms with Crippen molar-refractivity contribution in [2.24, 2.45) is 0 Å². The number of imidazole rings is 1. The molecule has 0 bridgehead atoms. The van der Waals surface area contributed by atoms with E-state index in [-0.39, 0.29) is 5.91 Å². The number of nitrogens with one attached hydrogen (secondary N) is 2. The fraction of sp³-hybridized carbons (Fsp3) is 0.105. The molecule has 0 fully saturated rings. The third-order valence-electron chi connectivity index (χ3n) is 4.04. The SMILES string of the molecule is O=C(NCCc1cn[nH]c1)c1ccc2nc(-c3ccccc3)cn2c1. The molecular formula is C19H17N5O. The Hall–Kier alpha value is -3.41. The van der Waals surface area contributed by atoms with Crippen molar-refractivity contribution < 1.29 is 4.79 Å². The summed E-state index contributed by atoms with van der Waals surface area (Å²) in [7, 11) is 0. The maximum absolute atomic E-state index is 12.3. The van der Waals surface area contributed by atoms with Crippen LogP contribution in [-0.2, 0) is 6.42 Å². The lowest BCUT2D eigenvalue weighted by atomic mass is 10.2. The Labute approximate surface area is 144 Å². The predicted octanol–water partition coefficient (Wildman–Crippen LogP) is 2.70. The van der Waals surface area contributed by atoms with Crippen LogP contribution in [-0.4, -0.2) is 32.0 Å². The fourth-order valence-electron chi connectivity index (χ4n) is 2.71. The molecule has 6 heteroatoms. The van der Waals surface area contributed by atoms with Gasteiger partial charge in [0.1, 0.15) is 5.65 Å². The Morgan fingerprint density at radius 3 is 2.80 bits per heavy atom. The predicted molar refractivity (Wildman–Crippen MR) is 95.3 cm³/mol. The van der Waals surface area contributed by atoms with Gasteiger partial charge in [-0.05, 0) is 24.1 Å². The number of aromatic nitrogens is 4. The number of benzene rings is 1. The zero-order chi connectivity index (χ0) is 17.1. The molecular weight excluding hydrogens is 314 g/mol. The number of nitrogens with zero attached hydrogens (tertiary/aromatic N) is 3. The molecule has 0 radical (unpaired) electrons. The van der Waals surface area contributed by atoms with Gasteiger partial charge in [0.25, 0.3) is 5.91 Å². The molecule has 0 spiro atoms. The summed E-state index contributed by atoms with van der Waals surface area (Å²) in [6.45, 7) is 0.565. The van der Waals surface area contributed by atoms with E-state index in [1.165, 1.54) is 0 Å². The Morgan fingerprint density at radius 1 is 1.12 bits per heavy atom. The molecule has 25 heavy (non-hydrogen) atoms. The second-order valence-corrected chi connectivity index (χ2v) is 5.79. The number of carbonyl (C=O) groups excluding carboxylic acids is 1. The van der Waals surface area contributed by atoms with E-state index >= 15 is 0 Å². The minimum absolute atomic E-state index is 0.0969. The molecule has 0 aliphatic rings. The zero-order valence-electron chi connectivity index (χ0n) is 13.5. The monoisotopic (exact) mass is 331 g/mol. The minimum atomic E-state index is -0.0969. The molecule has 1 amide bonds. The van der Waals surface area contributed by atoms with E-state index < -0.39 is 0 Å². The Balaban J connectivity index is 1.49. The molecule has 4 aromatic rings. The van der Waals surface area contributed by atoms with Crippen LogP contribution in [0.4, 0.5) is 0 Å². The van der Waals surface area contributed by atoms with Gasteiger partial charge in [-0.3, -0.25) is 9.89 Å². The van der Waals surface area contributed by atoms with Crippen molar-refractivity contribution >= 4 is 11.6 Å². The largest absolute Gasteiger partial charge is 0.352 e. The number of rotatable bonds is 5. The van der Waals surface area contributed by atoms with Crippen LogP contribution < -0.4 is 5.32 Å². The zero-order valence-corrected chi connectivity index (χ0v) is 13.5. The maximum Gasteiger partial charge on any atom is 0.252 e. The molecule has 0 saturated carbocycles. The van der Waals surface area contributed by atoms with E-state index in [9.17, 15) is 4.79 Å². The van der Waals surface area contributed by atoms with Crippen molar-refractivity contribution in [1.82, 2.24) is 24.9 Å². The third-order valence-corrected chi connectivity index (χ3v) is 4.04. The van der Waals surface area contributed by atoms with Gasteiger partial charge in [0.15, 0.2) is 0 Å². The second-order valence-electron chi connectivity index (χ2n) is 5.79. The average molecular weight is 331 g/mol. The van der Waals surface area contributed by atoms with E-state index in [1.54, 1.807) is 12.3 Å². The quantitative estimate of drug-likeness (QED) is 0.590. The minimum Gasteiger partial charge on any atom is -0.352 e. The van der Waals surface area contributed by atoms with Crippen LogP contribution in [0, 0.1) is 0 Å². The van der Waals surface area contributed by atoms with Gasteiger partial charge < -0.3 is 9.72 Å². The Kier molecular flexibility index (Phi) is 4.00. The molecule has 124 valence electrons. The summed E-state index contributed by atoms with van der Waals surface area (Å²) < 4.78 is 1.88. The van der Waals surface area contributed by atoms with Gasteiger partial charge in [0.05, 0.1) is 17.5 Å². The molecule has 4 rings (SSSR count). The van der Waals surface area contributed by atoms with Crippen molar-refractivity contribution in [2.75, 3.05) is 6.54 Å². The van der Waals surface area contributed by atoms with E-state index in [1.807, 2.05) is 59.4 Å². The number of amides is 1. The van der Waals surface area contributed by atoms with Gasteiger partial charge in [-0.1, -0.05) is 30.3 Å². The van der Waals surface area contributed by atoms with Crippen molar-refractivity contribution in [2.45, 2.75) is 6.42 Å². The highest BCUT2D eigenvalue weighted by molar-refractivity contribution is 5.94. The van der Waals surface area contributed by atoms with Crippen LogP contribution in [0.1, 0.15) is 15.9 Å². The summed E-state index contributed by atoms with van der Waals surface area (Å²) in [6, 6.07) is 13.6. The van der Waals surface area contributed by atoms with Crippen molar-refractivity contribution in [3.05, 3.63) is 78.4 Å². The first-order valence-electron chi connectivity index (χ1n) is 8.09. The molecule has 0 unspecified atom stereocenters. The third kappa shape index (κ3) is 3.28. The van der Waals surface area contributed by atoms with Gasteiger partial charge in [-0.2, -0.15) is 5.10 Å². The van der Waals surface area contributed by atoms with Crippen LogP contribution in [0.25, 0.3) is 16.9 Å². The highest BCUT2D eigenvalue weighted by Gasteiger charge is 2.09. The highest BCUT2D eigenvalue weighted by Crippen LogP contribution is 2.19. The average Bonchev–Trinajstić information content (AvgIpc) is 3.31.